The van der Waals surface area contributed by atoms with Crippen molar-refractivity contribution in [1.82, 2.24) is 10.6 Å². The number of halogens is 2. The van der Waals surface area contributed by atoms with E-state index >= 15 is 0 Å². The van der Waals surface area contributed by atoms with Crippen molar-refractivity contribution in [2.75, 3.05) is 20.7 Å². The van der Waals surface area contributed by atoms with Gasteiger partial charge in [-0.15, -0.1) is 24.0 Å². The summed E-state index contributed by atoms with van der Waals surface area (Å²) < 4.78 is 19.0. The SMILES string of the molecule is CN=C(NCc1ccccc1F)NCC(C)(C)c1cccc(OC)c1.I. The van der Waals surface area contributed by atoms with Crippen LogP contribution in [0.5, 0.6) is 5.75 Å². The molecular weight excluding hydrogens is 444 g/mol. The van der Waals surface area contributed by atoms with E-state index < -0.39 is 0 Å². The minimum atomic E-state index is -0.220. The third kappa shape index (κ3) is 6.16. The van der Waals surface area contributed by atoms with Gasteiger partial charge in [-0.2, -0.15) is 0 Å². The molecule has 0 aliphatic rings. The van der Waals surface area contributed by atoms with Crippen LogP contribution in [0.2, 0.25) is 0 Å². The Labute approximate surface area is 172 Å². The average Bonchev–Trinajstić information content (AvgIpc) is 2.63. The summed E-state index contributed by atoms with van der Waals surface area (Å²) in [5.74, 6) is 1.26. The average molecular weight is 471 g/mol. The smallest absolute Gasteiger partial charge is 0.191 e. The van der Waals surface area contributed by atoms with Gasteiger partial charge in [0.15, 0.2) is 5.96 Å². The molecule has 0 spiro atoms. The summed E-state index contributed by atoms with van der Waals surface area (Å²) in [4.78, 5) is 4.21. The van der Waals surface area contributed by atoms with Crippen molar-refractivity contribution in [2.24, 2.45) is 4.99 Å². The molecule has 2 rings (SSSR count). The van der Waals surface area contributed by atoms with Crippen molar-refractivity contribution in [2.45, 2.75) is 25.8 Å². The van der Waals surface area contributed by atoms with Gasteiger partial charge in [0.1, 0.15) is 11.6 Å². The van der Waals surface area contributed by atoms with E-state index in [1.807, 2.05) is 24.3 Å². The van der Waals surface area contributed by atoms with Gasteiger partial charge in [-0.25, -0.2) is 4.39 Å². The van der Waals surface area contributed by atoms with E-state index in [1.54, 1.807) is 26.3 Å². The maximum atomic E-state index is 13.7. The molecule has 0 radical (unpaired) electrons. The van der Waals surface area contributed by atoms with Gasteiger partial charge in [-0.05, 0) is 23.8 Å². The molecular formula is C20H27FIN3O. The van der Waals surface area contributed by atoms with E-state index in [9.17, 15) is 4.39 Å². The van der Waals surface area contributed by atoms with E-state index in [-0.39, 0.29) is 35.2 Å². The summed E-state index contributed by atoms with van der Waals surface area (Å²) in [7, 11) is 3.37. The molecule has 0 bridgehead atoms. The molecule has 26 heavy (non-hydrogen) atoms. The standard InChI is InChI=1S/C20H26FN3O.HI/c1-20(2,16-9-7-10-17(12-16)25-4)14-24-19(22-3)23-13-15-8-5-6-11-18(15)21;/h5-12H,13-14H2,1-4H3,(H2,22,23,24);1H. The van der Waals surface area contributed by atoms with Gasteiger partial charge in [0.05, 0.1) is 7.11 Å². The van der Waals surface area contributed by atoms with Crippen molar-refractivity contribution in [1.29, 1.82) is 0 Å². The zero-order valence-corrected chi connectivity index (χ0v) is 18.0. The molecule has 0 aliphatic carbocycles. The third-order valence-electron chi connectivity index (χ3n) is 4.18. The van der Waals surface area contributed by atoms with Gasteiger partial charge in [0.25, 0.3) is 0 Å². The number of nitrogens with one attached hydrogen (secondary N) is 2. The van der Waals surface area contributed by atoms with Crippen LogP contribution in [0.1, 0.15) is 25.0 Å². The number of benzene rings is 2. The summed E-state index contributed by atoms with van der Waals surface area (Å²) in [5, 5.41) is 6.46. The lowest BCUT2D eigenvalue weighted by Crippen LogP contribution is -2.43. The highest BCUT2D eigenvalue weighted by atomic mass is 127. The Bertz CT molecular complexity index is 735. The number of ether oxygens (including phenoxy) is 1. The zero-order valence-electron chi connectivity index (χ0n) is 15.7. The molecule has 0 saturated carbocycles. The maximum Gasteiger partial charge on any atom is 0.191 e. The Morgan fingerprint density at radius 2 is 1.85 bits per heavy atom. The van der Waals surface area contributed by atoms with Crippen LogP contribution in [0, 0.1) is 5.82 Å². The Balaban J connectivity index is 0.00000338. The second-order valence-corrected chi connectivity index (χ2v) is 6.49. The summed E-state index contributed by atoms with van der Waals surface area (Å²) in [6.07, 6.45) is 0. The molecule has 0 amide bonds. The van der Waals surface area contributed by atoms with Crippen LogP contribution < -0.4 is 15.4 Å². The molecule has 0 aliphatic heterocycles. The van der Waals surface area contributed by atoms with Gasteiger partial charge in [0, 0.05) is 31.1 Å². The summed E-state index contributed by atoms with van der Waals surface area (Å²) >= 11 is 0. The van der Waals surface area contributed by atoms with Crippen LogP contribution in [0.3, 0.4) is 0 Å². The second kappa shape index (κ2) is 10.4. The number of hydrogen-bond acceptors (Lipinski definition) is 2. The summed E-state index contributed by atoms with van der Waals surface area (Å²) in [6, 6.07) is 14.8. The number of hydrogen-bond donors (Lipinski definition) is 2. The fraction of sp³-hybridized carbons (Fsp3) is 0.350. The lowest BCUT2D eigenvalue weighted by Gasteiger charge is -2.27. The molecule has 4 nitrogen and oxygen atoms in total. The number of guanidine groups is 1. The highest BCUT2D eigenvalue weighted by Crippen LogP contribution is 2.25. The number of nitrogens with zero attached hydrogens (tertiary/aromatic N) is 1. The Morgan fingerprint density at radius 3 is 2.50 bits per heavy atom. The van der Waals surface area contributed by atoms with Crippen molar-refractivity contribution in [3.05, 3.63) is 65.5 Å². The van der Waals surface area contributed by atoms with Crippen molar-refractivity contribution < 1.29 is 9.13 Å². The predicted molar refractivity (Wildman–Crippen MR) is 116 cm³/mol. The molecule has 2 aromatic rings. The van der Waals surface area contributed by atoms with Crippen molar-refractivity contribution in [3.8, 4) is 5.75 Å². The zero-order chi connectivity index (χ0) is 18.3. The van der Waals surface area contributed by atoms with E-state index in [2.05, 4.69) is 35.5 Å². The van der Waals surface area contributed by atoms with E-state index in [4.69, 9.17) is 4.74 Å². The first-order chi connectivity index (χ1) is 12.0. The lowest BCUT2D eigenvalue weighted by atomic mass is 9.84. The minimum Gasteiger partial charge on any atom is -0.497 e. The van der Waals surface area contributed by atoms with Crippen molar-refractivity contribution >= 4 is 29.9 Å². The molecule has 142 valence electrons. The van der Waals surface area contributed by atoms with E-state index in [1.165, 1.54) is 11.6 Å². The van der Waals surface area contributed by atoms with Crippen LogP contribution in [-0.4, -0.2) is 26.7 Å². The molecule has 2 N–H and O–H groups in total. The molecule has 0 heterocycles. The van der Waals surface area contributed by atoms with Crippen LogP contribution in [-0.2, 0) is 12.0 Å². The van der Waals surface area contributed by atoms with Gasteiger partial charge >= 0.3 is 0 Å². The van der Waals surface area contributed by atoms with Gasteiger partial charge in [-0.3, -0.25) is 4.99 Å². The number of rotatable bonds is 6. The molecule has 6 heteroatoms. The largest absolute Gasteiger partial charge is 0.497 e. The Kier molecular flexibility index (Phi) is 8.84. The normalized spacial score (nSPS) is 11.5. The fourth-order valence-corrected chi connectivity index (χ4v) is 2.49. The first kappa shape index (κ1) is 22.2. The van der Waals surface area contributed by atoms with Crippen LogP contribution >= 0.6 is 24.0 Å². The van der Waals surface area contributed by atoms with Crippen LogP contribution in [0.4, 0.5) is 4.39 Å². The Hall–Kier alpha value is -1.83. The topological polar surface area (TPSA) is 45.7 Å². The minimum absolute atomic E-state index is 0. The van der Waals surface area contributed by atoms with Gasteiger partial charge in [0.2, 0.25) is 0 Å². The van der Waals surface area contributed by atoms with Gasteiger partial charge in [-0.1, -0.05) is 44.2 Å². The maximum absolute atomic E-state index is 13.7. The quantitative estimate of drug-likeness (QED) is 0.379. The van der Waals surface area contributed by atoms with E-state index in [0.717, 1.165) is 5.75 Å². The summed E-state index contributed by atoms with van der Waals surface area (Å²) in [5.41, 5.74) is 1.66. The molecule has 0 unspecified atom stereocenters. The number of methoxy groups -OCH3 is 1. The highest BCUT2D eigenvalue weighted by molar-refractivity contribution is 14.0. The Morgan fingerprint density at radius 1 is 1.12 bits per heavy atom. The highest BCUT2D eigenvalue weighted by Gasteiger charge is 2.21. The first-order valence-corrected chi connectivity index (χ1v) is 8.29. The first-order valence-electron chi connectivity index (χ1n) is 8.29. The third-order valence-corrected chi connectivity index (χ3v) is 4.18. The second-order valence-electron chi connectivity index (χ2n) is 6.49. The van der Waals surface area contributed by atoms with Crippen LogP contribution in [0.25, 0.3) is 0 Å². The van der Waals surface area contributed by atoms with Gasteiger partial charge < -0.3 is 15.4 Å². The molecule has 0 aromatic heterocycles. The van der Waals surface area contributed by atoms with E-state index in [0.29, 0.717) is 24.6 Å². The molecule has 2 aromatic carbocycles. The monoisotopic (exact) mass is 471 g/mol. The molecule has 0 atom stereocenters. The fourth-order valence-electron chi connectivity index (χ4n) is 2.49. The van der Waals surface area contributed by atoms with Crippen LogP contribution in [0.15, 0.2) is 53.5 Å². The lowest BCUT2D eigenvalue weighted by molar-refractivity contribution is 0.411. The number of aliphatic imine (C=N–C) groups is 1. The molecule has 0 saturated heterocycles. The van der Waals surface area contributed by atoms with Crippen molar-refractivity contribution in [3.63, 3.8) is 0 Å². The summed E-state index contributed by atoms with van der Waals surface area (Å²) in [6.45, 7) is 5.36. The molecule has 0 fully saturated rings. The predicted octanol–water partition coefficient (Wildman–Crippen LogP) is 4.10.